The van der Waals surface area contributed by atoms with Crippen molar-refractivity contribution in [3.8, 4) is 0 Å². The molecule has 24 heavy (non-hydrogen) atoms. The zero-order valence-electron chi connectivity index (χ0n) is 14.5. The Hall–Kier alpha value is -2.12. The molecule has 0 aliphatic carbocycles. The Kier molecular flexibility index (Phi) is 5.32. The Morgan fingerprint density at radius 1 is 1.38 bits per heavy atom. The molecular weight excluding hydrogens is 308 g/mol. The summed E-state index contributed by atoms with van der Waals surface area (Å²) in [6.07, 6.45) is 3.99. The van der Waals surface area contributed by atoms with Crippen molar-refractivity contribution in [1.29, 1.82) is 0 Å². The fraction of sp³-hybridized carbons (Fsp3) is 0.750. The van der Waals surface area contributed by atoms with Gasteiger partial charge in [0, 0.05) is 33.1 Å². The lowest BCUT2D eigenvalue weighted by atomic mass is 9.98. The predicted octanol–water partition coefficient (Wildman–Crippen LogP) is 0.575. The minimum atomic E-state index is -0.104. The Labute approximate surface area is 142 Å². The van der Waals surface area contributed by atoms with Crippen molar-refractivity contribution < 1.29 is 9.53 Å². The molecule has 8 heteroatoms. The normalized spacial score (nSPS) is 20.8. The van der Waals surface area contributed by atoms with E-state index in [1.165, 1.54) is 0 Å². The van der Waals surface area contributed by atoms with E-state index in [1.54, 1.807) is 7.05 Å². The van der Waals surface area contributed by atoms with Crippen molar-refractivity contribution in [1.82, 2.24) is 25.0 Å². The van der Waals surface area contributed by atoms with Gasteiger partial charge in [0.1, 0.15) is 5.82 Å². The summed E-state index contributed by atoms with van der Waals surface area (Å²) in [5.41, 5.74) is 0. The largest absolute Gasteiger partial charge is 0.466 e. The fourth-order valence-corrected chi connectivity index (χ4v) is 3.45. The highest BCUT2D eigenvalue weighted by atomic mass is 16.5. The highest BCUT2D eigenvalue weighted by Crippen LogP contribution is 2.18. The molecule has 0 saturated carbocycles. The van der Waals surface area contributed by atoms with Crippen molar-refractivity contribution in [2.75, 3.05) is 26.7 Å². The van der Waals surface area contributed by atoms with Crippen LogP contribution in [0.15, 0.2) is 4.99 Å². The van der Waals surface area contributed by atoms with Crippen LogP contribution < -0.4 is 5.32 Å². The van der Waals surface area contributed by atoms with Gasteiger partial charge in [0.25, 0.3) is 0 Å². The van der Waals surface area contributed by atoms with E-state index in [9.17, 15) is 4.79 Å². The van der Waals surface area contributed by atoms with Crippen LogP contribution in [0.1, 0.15) is 37.8 Å². The van der Waals surface area contributed by atoms with Crippen molar-refractivity contribution in [3.63, 3.8) is 0 Å². The smallest absolute Gasteiger partial charge is 0.310 e. The quantitative estimate of drug-likeness (QED) is 0.492. The van der Waals surface area contributed by atoms with Crippen molar-refractivity contribution in [2.45, 2.75) is 45.7 Å². The van der Waals surface area contributed by atoms with E-state index in [4.69, 9.17) is 4.74 Å². The maximum Gasteiger partial charge on any atom is 0.310 e. The Balaban J connectivity index is 1.58. The van der Waals surface area contributed by atoms with Gasteiger partial charge in [-0.2, -0.15) is 0 Å². The van der Waals surface area contributed by atoms with Crippen LogP contribution >= 0.6 is 0 Å². The molecule has 1 aromatic heterocycles. The van der Waals surface area contributed by atoms with Crippen LogP contribution in [0.4, 0.5) is 0 Å². The van der Waals surface area contributed by atoms with Gasteiger partial charge in [0.2, 0.25) is 0 Å². The van der Waals surface area contributed by atoms with E-state index in [1.807, 2.05) is 6.92 Å². The summed E-state index contributed by atoms with van der Waals surface area (Å²) in [6, 6.07) is 0. The van der Waals surface area contributed by atoms with Gasteiger partial charge in [0.05, 0.1) is 19.1 Å². The highest BCUT2D eigenvalue weighted by molar-refractivity contribution is 5.81. The zero-order valence-corrected chi connectivity index (χ0v) is 14.5. The first kappa shape index (κ1) is 16.7. The number of aromatic nitrogens is 3. The summed E-state index contributed by atoms with van der Waals surface area (Å²) >= 11 is 0. The van der Waals surface area contributed by atoms with Crippen molar-refractivity contribution >= 4 is 11.9 Å². The third kappa shape index (κ3) is 3.52. The Bertz CT molecular complexity index is 612. The van der Waals surface area contributed by atoms with Gasteiger partial charge in [-0.3, -0.25) is 9.79 Å². The number of nitrogens with zero attached hydrogens (tertiary/aromatic N) is 5. The van der Waals surface area contributed by atoms with Gasteiger partial charge in [0.15, 0.2) is 11.8 Å². The summed E-state index contributed by atoms with van der Waals surface area (Å²) in [5.74, 6) is 2.65. The Morgan fingerprint density at radius 3 is 3.04 bits per heavy atom. The molecule has 3 heterocycles. The van der Waals surface area contributed by atoms with Crippen molar-refractivity contribution in [2.24, 2.45) is 10.9 Å². The molecule has 132 valence electrons. The minimum absolute atomic E-state index is 0.0745. The van der Waals surface area contributed by atoms with E-state index in [2.05, 4.69) is 30.0 Å². The van der Waals surface area contributed by atoms with Crippen LogP contribution in [0.3, 0.4) is 0 Å². The Morgan fingerprint density at radius 2 is 2.25 bits per heavy atom. The number of rotatable bonds is 4. The lowest BCUT2D eigenvalue weighted by Crippen LogP contribution is -2.48. The van der Waals surface area contributed by atoms with Crippen LogP contribution in [0.5, 0.6) is 0 Å². The molecule has 0 aromatic carbocycles. The average molecular weight is 334 g/mol. The number of likely N-dealkylation sites (tertiary alicyclic amines) is 1. The van der Waals surface area contributed by atoms with Crippen LogP contribution in [0.2, 0.25) is 0 Å². The molecule has 0 spiro atoms. The molecule has 0 bridgehead atoms. The number of hydrogen-bond acceptors (Lipinski definition) is 5. The number of aryl methyl sites for hydroxylation is 1. The molecule has 1 aromatic rings. The first-order valence-corrected chi connectivity index (χ1v) is 8.76. The summed E-state index contributed by atoms with van der Waals surface area (Å²) < 4.78 is 7.34. The van der Waals surface area contributed by atoms with Crippen molar-refractivity contribution in [3.05, 3.63) is 11.6 Å². The molecule has 1 N–H and O–H groups in total. The fourth-order valence-electron chi connectivity index (χ4n) is 3.45. The second-order valence-electron chi connectivity index (χ2n) is 6.23. The standard InChI is InChI=1S/C16H26N6O2/c1-3-24-15(23)12-6-4-8-21(11-12)16(17-2)18-10-14-20-19-13-7-5-9-22(13)14/h12H,3-11H2,1-2H3,(H,17,18)/t12-/m1/s1. The lowest BCUT2D eigenvalue weighted by Gasteiger charge is -2.33. The molecule has 0 amide bonds. The summed E-state index contributed by atoms with van der Waals surface area (Å²) in [6.45, 7) is 5.41. The molecule has 0 unspecified atom stereocenters. The molecule has 1 fully saturated rings. The van der Waals surface area contributed by atoms with E-state index in [0.29, 0.717) is 19.7 Å². The van der Waals surface area contributed by atoms with Crippen LogP contribution in [-0.4, -0.2) is 58.3 Å². The molecular formula is C16H26N6O2. The van der Waals surface area contributed by atoms with Crippen LogP contribution in [-0.2, 0) is 29.0 Å². The number of guanidine groups is 1. The molecule has 2 aliphatic heterocycles. The molecule has 3 rings (SSSR count). The van der Waals surface area contributed by atoms with E-state index >= 15 is 0 Å². The number of nitrogens with one attached hydrogen (secondary N) is 1. The summed E-state index contributed by atoms with van der Waals surface area (Å²) in [5, 5.41) is 11.8. The van der Waals surface area contributed by atoms with Gasteiger partial charge < -0.3 is 19.5 Å². The maximum absolute atomic E-state index is 12.0. The monoisotopic (exact) mass is 334 g/mol. The predicted molar refractivity (Wildman–Crippen MR) is 89.5 cm³/mol. The third-order valence-corrected chi connectivity index (χ3v) is 4.64. The van der Waals surface area contributed by atoms with E-state index < -0.39 is 0 Å². The van der Waals surface area contributed by atoms with E-state index in [-0.39, 0.29) is 11.9 Å². The first-order valence-electron chi connectivity index (χ1n) is 8.76. The number of esters is 1. The van der Waals surface area contributed by atoms with Crippen LogP contribution in [0, 0.1) is 5.92 Å². The minimum Gasteiger partial charge on any atom is -0.466 e. The molecule has 8 nitrogen and oxygen atoms in total. The lowest BCUT2D eigenvalue weighted by molar-refractivity contribution is -0.149. The second kappa shape index (κ2) is 7.63. The van der Waals surface area contributed by atoms with Crippen LogP contribution in [0.25, 0.3) is 0 Å². The van der Waals surface area contributed by atoms with Gasteiger partial charge in [-0.05, 0) is 26.2 Å². The number of fused-ring (bicyclic) bond motifs is 1. The van der Waals surface area contributed by atoms with Gasteiger partial charge in [-0.25, -0.2) is 0 Å². The van der Waals surface area contributed by atoms with E-state index in [0.717, 1.165) is 56.4 Å². The zero-order chi connectivity index (χ0) is 16.9. The molecule has 1 atom stereocenters. The summed E-state index contributed by atoms with van der Waals surface area (Å²) in [7, 11) is 1.77. The van der Waals surface area contributed by atoms with Gasteiger partial charge in [-0.15, -0.1) is 10.2 Å². The molecule has 1 saturated heterocycles. The SMILES string of the molecule is CCOC(=O)[C@@H]1CCCN(C(=NC)NCc2nnc3n2CCC3)C1. The highest BCUT2D eigenvalue weighted by Gasteiger charge is 2.28. The summed E-state index contributed by atoms with van der Waals surface area (Å²) in [4.78, 5) is 18.5. The molecule has 2 aliphatic rings. The number of ether oxygens (including phenoxy) is 1. The number of hydrogen-bond donors (Lipinski definition) is 1. The third-order valence-electron chi connectivity index (χ3n) is 4.64. The second-order valence-corrected chi connectivity index (χ2v) is 6.23. The number of carbonyl (C=O) groups excluding carboxylic acids is 1. The topological polar surface area (TPSA) is 84.6 Å². The number of piperidine rings is 1. The maximum atomic E-state index is 12.0. The molecule has 0 radical (unpaired) electrons. The number of aliphatic imine (C=N–C) groups is 1. The first-order chi connectivity index (χ1) is 11.7. The number of carbonyl (C=O) groups is 1. The average Bonchev–Trinajstić information content (AvgIpc) is 3.20. The van der Waals surface area contributed by atoms with Gasteiger partial charge >= 0.3 is 5.97 Å². The van der Waals surface area contributed by atoms with Gasteiger partial charge in [-0.1, -0.05) is 0 Å².